The van der Waals surface area contributed by atoms with Crippen LogP contribution in [0.25, 0.3) is 0 Å². The van der Waals surface area contributed by atoms with E-state index in [-0.39, 0.29) is 5.60 Å². The normalized spacial score (nSPS) is 11.7. The van der Waals surface area contributed by atoms with Crippen LogP contribution in [-0.4, -0.2) is 25.4 Å². The van der Waals surface area contributed by atoms with E-state index in [1.54, 1.807) is 0 Å². The Labute approximate surface area is 124 Å². The second-order valence-corrected chi connectivity index (χ2v) is 6.47. The maximum atomic E-state index is 5.87. The fourth-order valence-corrected chi connectivity index (χ4v) is 2.46. The Kier molecular flexibility index (Phi) is 6.30. The molecule has 4 heteroatoms. The number of rotatable bonds is 6. The van der Waals surface area contributed by atoms with Crippen molar-refractivity contribution in [2.24, 2.45) is 5.73 Å². The van der Waals surface area contributed by atoms with Gasteiger partial charge in [0.15, 0.2) is 0 Å². The van der Waals surface area contributed by atoms with Gasteiger partial charge in [0, 0.05) is 4.47 Å². The molecule has 0 saturated carbocycles. The molecule has 108 valence electrons. The number of benzene rings is 1. The average Bonchev–Trinajstić information content (AvgIpc) is 2.25. The van der Waals surface area contributed by atoms with Crippen molar-refractivity contribution in [3.8, 4) is 5.75 Å². The fraction of sp³-hybridized carbons (Fsp3) is 0.600. The summed E-state index contributed by atoms with van der Waals surface area (Å²) < 4.78 is 12.6. The first-order valence-electron chi connectivity index (χ1n) is 6.59. The van der Waals surface area contributed by atoms with E-state index in [0.29, 0.717) is 19.8 Å². The Morgan fingerprint density at radius 2 is 1.89 bits per heavy atom. The molecule has 19 heavy (non-hydrogen) atoms. The highest BCUT2D eigenvalue weighted by Gasteiger charge is 2.11. The van der Waals surface area contributed by atoms with Gasteiger partial charge < -0.3 is 15.2 Å². The van der Waals surface area contributed by atoms with Crippen molar-refractivity contribution >= 4 is 15.9 Å². The molecule has 2 N–H and O–H groups in total. The quantitative estimate of drug-likeness (QED) is 0.813. The molecule has 0 atom stereocenters. The van der Waals surface area contributed by atoms with E-state index < -0.39 is 0 Å². The third-order valence-corrected chi connectivity index (χ3v) is 3.05. The average molecular weight is 330 g/mol. The second kappa shape index (κ2) is 7.27. The van der Waals surface area contributed by atoms with E-state index in [1.807, 2.05) is 27.7 Å². The highest BCUT2D eigenvalue weighted by Crippen LogP contribution is 2.28. The monoisotopic (exact) mass is 329 g/mol. The van der Waals surface area contributed by atoms with Gasteiger partial charge in [0.1, 0.15) is 12.4 Å². The van der Waals surface area contributed by atoms with Crippen molar-refractivity contribution in [3.63, 3.8) is 0 Å². The van der Waals surface area contributed by atoms with Crippen LogP contribution < -0.4 is 10.5 Å². The van der Waals surface area contributed by atoms with Gasteiger partial charge in [-0.3, -0.25) is 0 Å². The molecule has 0 spiro atoms. The zero-order chi connectivity index (χ0) is 14.5. The van der Waals surface area contributed by atoms with Crippen molar-refractivity contribution in [3.05, 3.63) is 27.7 Å². The number of nitrogens with two attached hydrogens (primary N) is 1. The lowest BCUT2D eigenvalue weighted by atomic mass is 10.1. The summed E-state index contributed by atoms with van der Waals surface area (Å²) in [5.74, 6) is 0.936. The lowest BCUT2D eigenvalue weighted by Gasteiger charge is -2.20. The number of hydrogen-bond acceptors (Lipinski definition) is 3. The number of aryl methyl sites for hydroxylation is 1. The third-order valence-electron chi connectivity index (χ3n) is 2.59. The number of ether oxygens (including phenoxy) is 2. The molecule has 0 bridgehead atoms. The molecule has 0 heterocycles. The first kappa shape index (κ1) is 16.5. The van der Waals surface area contributed by atoms with E-state index in [2.05, 4.69) is 28.1 Å². The second-order valence-electron chi connectivity index (χ2n) is 5.56. The standard InChI is InChI=1S/C15H24BrNO2/c1-11-9-13(16)10-12(5-6-17)14(11)18-7-8-19-15(2,3)4/h9-10H,5-8,17H2,1-4H3. The molecular weight excluding hydrogens is 306 g/mol. The van der Waals surface area contributed by atoms with Crippen LogP contribution in [0.5, 0.6) is 5.75 Å². The summed E-state index contributed by atoms with van der Waals surface area (Å²) in [6.45, 7) is 9.92. The molecule has 1 aromatic carbocycles. The van der Waals surface area contributed by atoms with Gasteiger partial charge >= 0.3 is 0 Å². The van der Waals surface area contributed by atoms with Crippen LogP contribution in [0.2, 0.25) is 0 Å². The minimum absolute atomic E-state index is 0.127. The molecule has 1 aromatic rings. The Morgan fingerprint density at radius 3 is 2.47 bits per heavy atom. The molecule has 0 amide bonds. The Balaban J connectivity index is 2.66. The Morgan fingerprint density at radius 1 is 1.21 bits per heavy atom. The summed E-state index contributed by atoms with van der Waals surface area (Å²) in [4.78, 5) is 0. The van der Waals surface area contributed by atoms with E-state index in [9.17, 15) is 0 Å². The molecule has 3 nitrogen and oxygen atoms in total. The van der Waals surface area contributed by atoms with Crippen LogP contribution in [0.1, 0.15) is 31.9 Å². The van der Waals surface area contributed by atoms with E-state index >= 15 is 0 Å². The van der Waals surface area contributed by atoms with Crippen LogP contribution in [-0.2, 0) is 11.2 Å². The molecule has 0 aromatic heterocycles. The van der Waals surface area contributed by atoms with E-state index in [0.717, 1.165) is 27.8 Å². The molecule has 0 radical (unpaired) electrons. The topological polar surface area (TPSA) is 44.5 Å². The summed E-state index contributed by atoms with van der Waals surface area (Å²) in [6.07, 6.45) is 0.815. The van der Waals surface area contributed by atoms with Crippen molar-refractivity contribution in [2.45, 2.75) is 39.7 Å². The SMILES string of the molecule is Cc1cc(Br)cc(CCN)c1OCCOC(C)(C)C. The molecule has 0 unspecified atom stereocenters. The molecule has 0 saturated heterocycles. The van der Waals surface area contributed by atoms with Crippen molar-refractivity contribution < 1.29 is 9.47 Å². The van der Waals surface area contributed by atoms with E-state index in [4.69, 9.17) is 15.2 Å². The van der Waals surface area contributed by atoms with Gasteiger partial charge in [0.05, 0.1) is 12.2 Å². The molecular formula is C15H24BrNO2. The molecule has 0 aliphatic carbocycles. The van der Waals surface area contributed by atoms with Crippen molar-refractivity contribution in [1.29, 1.82) is 0 Å². The van der Waals surface area contributed by atoms with Gasteiger partial charge in [-0.2, -0.15) is 0 Å². The highest BCUT2D eigenvalue weighted by molar-refractivity contribution is 9.10. The zero-order valence-corrected chi connectivity index (χ0v) is 13.8. The van der Waals surface area contributed by atoms with Gasteiger partial charge in [-0.25, -0.2) is 0 Å². The largest absolute Gasteiger partial charge is 0.491 e. The summed E-state index contributed by atoms with van der Waals surface area (Å²) >= 11 is 3.50. The first-order valence-corrected chi connectivity index (χ1v) is 7.38. The van der Waals surface area contributed by atoms with Crippen molar-refractivity contribution in [2.75, 3.05) is 19.8 Å². The summed E-state index contributed by atoms with van der Waals surface area (Å²) in [5.41, 5.74) is 7.78. The van der Waals surface area contributed by atoms with Crippen LogP contribution in [0.15, 0.2) is 16.6 Å². The molecule has 1 rings (SSSR count). The lowest BCUT2D eigenvalue weighted by molar-refractivity contribution is -0.0164. The number of hydrogen-bond donors (Lipinski definition) is 1. The van der Waals surface area contributed by atoms with Gasteiger partial charge in [0.2, 0.25) is 0 Å². The Hall–Kier alpha value is -0.580. The fourth-order valence-electron chi connectivity index (χ4n) is 1.84. The van der Waals surface area contributed by atoms with Gasteiger partial charge in [-0.15, -0.1) is 0 Å². The summed E-state index contributed by atoms with van der Waals surface area (Å²) in [6, 6.07) is 4.12. The van der Waals surface area contributed by atoms with Crippen LogP contribution in [0, 0.1) is 6.92 Å². The third kappa shape index (κ3) is 5.93. The molecule has 0 aliphatic rings. The van der Waals surface area contributed by atoms with Crippen LogP contribution in [0.4, 0.5) is 0 Å². The van der Waals surface area contributed by atoms with Crippen molar-refractivity contribution in [1.82, 2.24) is 0 Å². The molecule has 0 fully saturated rings. The maximum Gasteiger partial charge on any atom is 0.125 e. The predicted octanol–water partition coefficient (Wildman–Crippen LogP) is 3.45. The number of halogens is 1. The van der Waals surface area contributed by atoms with Gasteiger partial charge in [-0.05, 0) is 63.9 Å². The van der Waals surface area contributed by atoms with Gasteiger partial charge in [0.25, 0.3) is 0 Å². The molecule has 0 aliphatic heterocycles. The highest BCUT2D eigenvalue weighted by atomic mass is 79.9. The van der Waals surface area contributed by atoms with Gasteiger partial charge in [-0.1, -0.05) is 15.9 Å². The van der Waals surface area contributed by atoms with E-state index in [1.165, 1.54) is 0 Å². The maximum absolute atomic E-state index is 5.87. The Bertz CT molecular complexity index is 413. The predicted molar refractivity (Wildman–Crippen MR) is 82.8 cm³/mol. The minimum atomic E-state index is -0.127. The smallest absolute Gasteiger partial charge is 0.125 e. The summed E-state index contributed by atoms with van der Waals surface area (Å²) in [7, 11) is 0. The summed E-state index contributed by atoms with van der Waals surface area (Å²) in [5, 5.41) is 0. The lowest BCUT2D eigenvalue weighted by Crippen LogP contribution is -2.22. The zero-order valence-electron chi connectivity index (χ0n) is 12.3. The van der Waals surface area contributed by atoms with Crippen LogP contribution in [0.3, 0.4) is 0 Å². The van der Waals surface area contributed by atoms with Crippen LogP contribution >= 0.6 is 15.9 Å². The first-order chi connectivity index (χ1) is 8.83. The minimum Gasteiger partial charge on any atom is -0.491 e.